The number of halogens is 4. The summed E-state index contributed by atoms with van der Waals surface area (Å²) in [5.74, 6) is 0. The Morgan fingerprint density at radius 2 is 1.98 bits per heavy atom. The summed E-state index contributed by atoms with van der Waals surface area (Å²) in [5, 5.41) is 25.7. The molecule has 1 saturated carbocycles. The Morgan fingerprint density at radius 3 is 2.67 bits per heavy atom. The molecule has 5 aromatic rings. The van der Waals surface area contributed by atoms with Crippen LogP contribution in [-0.2, 0) is 5.54 Å². The van der Waals surface area contributed by atoms with Crippen molar-refractivity contribution in [2.24, 2.45) is 5.41 Å². The van der Waals surface area contributed by atoms with Gasteiger partial charge in [-0.25, -0.2) is 9.67 Å². The van der Waals surface area contributed by atoms with E-state index in [0.29, 0.717) is 39.2 Å². The SMILES string of the molecule is CC(C)(C)CNc1c(C#N)cnc2c(Br)cc(N[C@H](c3cn(C4(C(F)(F)F)CC4)nn3)c3cccc4ncsc34)cc12. The molecule has 0 radical (unpaired) electrons. The van der Waals surface area contributed by atoms with Crippen LogP contribution >= 0.6 is 27.3 Å². The first-order chi connectivity index (χ1) is 19.9. The van der Waals surface area contributed by atoms with E-state index >= 15 is 0 Å². The lowest BCUT2D eigenvalue weighted by molar-refractivity contribution is -0.182. The zero-order valence-corrected chi connectivity index (χ0v) is 25.3. The Morgan fingerprint density at radius 1 is 1.19 bits per heavy atom. The predicted octanol–water partition coefficient (Wildman–Crippen LogP) is 7.78. The van der Waals surface area contributed by atoms with Gasteiger partial charge in [0.2, 0.25) is 0 Å². The summed E-state index contributed by atoms with van der Waals surface area (Å²) in [6.45, 7) is 6.91. The second kappa shape index (κ2) is 10.2. The van der Waals surface area contributed by atoms with E-state index in [1.165, 1.54) is 17.5 Å². The average Bonchev–Trinajstić information content (AvgIpc) is 3.37. The zero-order chi connectivity index (χ0) is 29.9. The van der Waals surface area contributed by atoms with Crippen molar-refractivity contribution in [3.63, 3.8) is 0 Å². The van der Waals surface area contributed by atoms with Crippen LogP contribution in [0.4, 0.5) is 24.5 Å². The van der Waals surface area contributed by atoms with E-state index in [9.17, 15) is 18.4 Å². The summed E-state index contributed by atoms with van der Waals surface area (Å²) in [5.41, 5.74) is 4.01. The van der Waals surface area contributed by atoms with E-state index in [4.69, 9.17) is 0 Å². The zero-order valence-electron chi connectivity index (χ0n) is 22.9. The van der Waals surface area contributed by atoms with Crippen molar-refractivity contribution >= 4 is 59.8 Å². The Kier molecular flexibility index (Phi) is 6.89. The fourth-order valence-corrected chi connectivity index (χ4v) is 6.36. The summed E-state index contributed by atoms with van der Waals surface area (Å²) in [6.07, 6.45) is -1.55. The van der Waals surface area contributed by atoms with Crippen LogP contribution in [0.15, 0.2) is 52.7 Å². The number of nitrogens with one attached hydrogen (secondary N) is 2. The van der Waals surface area contributed by atoms with Crippen molar-refractivity contribution in [2.45, 2.75) is 51.4 Å². The molecule has 3 aromatic heterocycles. The normalized spacial score (nSPS) is 15.5. The Hall–Kier alpha value is -3.76. The maximum absolute atomic E-state index is 13.9. The third kappa shape index (κ3) is 5.07. The molecule has 3 heterocycles. The minimum Gasteiger partial charge on any atom is -0.383 e. The van der Waals surface area contributed by atoms with Crippen molar-refractivity contribution in [2.75, 3.05) is 17.2 Å². The third-order valence-corrected chi connectivity index (χ3v) is 8.84. The molecule has 13 heteroatoms. The number of alkyl halides is 3. The topological polar surface area (TPSA) is 104 Å². The monoisotopic (exact) mass is 654 g/mol. The Bertz CT molecular complexity index is 1850. The van der Waals surface area contributed by atoms with Gasteiger partial charge in [0, 0.05) is 28.3 Å². The number of benzene rings is 2. The molecule has 8 nitrogen and oxygen atoms in total. The molecule has 0 aliphatic heterocycles. The lowest BCUT2D eigenvalue weighted by atomic mass is 9.96. The molecule has 0 unspecified atom stereocenters. The molecule has 0 spiro atoms. The smallest absolute Gasteiger partial charge is 0.383 e. The maximum Gasteiger partial charge on any atom is 0.413 e. The molecule has 216 valence electrons. The van der Waals surface area contributed by atoms with Crippen LogP contribution in [-0.4, -0.2) is 37.7 Å². The van der Waals surface area contributed by atoms with E-state index in [-0.39, 0.29) is 18.3 Å². The lowest BCUT2D eigenvalue weighted by Crippen LogP contribution is -2.35. The van der Waals surface area contributed by atoms with Crippen molar-refractivity contribution < 1.29 is 13.2 Å². The third-order valence-electron chi connectivity index (χ3n) is 7.35. The van der Waals surface area contributed by atoms with Gasteiger partial charge in [0.15, 0.2) is 5.54 Å². The number of pyridine rings is 1. The van der Waals surface area contributed by atoms with Gasteiger partial charge in [0.1, 0.15) is 11.8 Å². The number of hydrogen-bond donors (Lipinski definition) is 2. The first kappa shape index (κ1) is 28.4. The van der Waals surface area contributed by atoms with Crippen LogP contribution in [0.25, 0.3) is 21.1 Å². The molecule has 0 saturated heterocycles. The van der Waals surface area contributed by atoms with Crippen molar-refractivity contribution in [1.29, 1.82) is 5.26 Å². The van der Waals surface area contributed by atoms with Gasteiger partial charge in [-0.3, -0.25) is 4.98 Å². The highest BCUT2D eigenvalue weighted by Gasteiger charge is 2.66. The second-order valence-corrected chi connectivity index (χ2v) is 13.4. The van der Waals surface area contributed by atoms with Gasteiger partial charge in [0.25, 0.3) is 0 Å². The minimum absolute atomic E-state index is 0.0297. The Balaban J connectivity index is 1.47. The van der Waals surface area contributed by atoms with Gasteiger partial charge in [-0.1, -0.05) is 38.1 Å². The second-order valence-electron chi connectivity index (χ2n) is 11.7. The van der Waals surface area contributed by atoms with Gasteiger partial charge in [0.05, 0.1) is 44.7 Å². The van der Waals surface area contributed by atoms with Crippen LogP contribution in [0.2, 0.25) is 0 Å². The molecule has 42 heavy (non-hydrogen) atoms. The van der Waals surface area contributed by atoms with Crippen LogP contribution in [0.5, 0.6) is 0 Å². The summed E-state index contributed by atoms with van der Waals surface area (Å²) >= 11 is 5.08. The number of nitriles is 1. The molecule has 1 aliphatic rings. The first-order valence-electron chi connectivity index (χ1n) is 13.2. The summed E-state index contributed by atoms with van der Waals surface area (Å²) in [7, 11) is 0. The standard InChI is InChI=1S/C29H26BrF3N8S/c1-27(2,3)14-36-23-16(11-34)12-35-24-19(23)9-17(10-20(24)30)38-25(18-5-4-6-21-26(18)42-15-37-21)22-13-41(40-39-22)28(7-8-28)29(31,32)33/h4-6,9-10,12-13,15,25,38H,7-8,14H2,1-3H3,(H,35,36)/t25-/m0/s1. The number of fused-ring (bicyclic) bond motifs is 2. The van der Waals surface area contributed by atoms with Gasteiger partial charge >= 0.3 is 6.18 Å². The van der Waals surface area contributed by atoms with E-state index in [2.05, 4.69) is 73.7 Å². The van der Waals surface area contributed by atoms with Gasteiger partial charge in [-0.05, 0) is 57.9 Å². The number of nitrogens with zero attached hydrogens (tertiary/aromatic N) is 6. The Labute approximate surface area is 252 Å². The molecule has 0 amide bonds. The molecular formula is C29H26BrF3N8S. The number of aromatic nitrogens is 5. The van der Waals surface area contributed by atoms with Crippen LogP contribution in [0, 0.1) is 16.7 Å². The van der Waals surface area contributed by atoms with E-state index in [1.54, 1.807) is 11.7 Å². The largest absolute Gasteiger partial charge is 0.413 e. The molecule has 6 rings (SSSR count). The number of thiazole rings is 1. The molecule has 2 N–H and O–H groups in total. The van der Waals surface area contributed by atoms with Gasteiger partial charge < -0.3 is 10.6 Å². The number of hydrogen-bond acceptors (Lipinski definition) is 8. The molecule has 0 bridgehead atoms. The highest BCUT2D eigenvalue weighted by atomic mass is 79.9. The van der Waals surface area contributed by atoms with Crippen molar-refractivity contribution in [1.82, 2.24) is 25.0 Å². The molecule has 1 fully saturated rings. The minimum atomic E-state index is -4.43. The van der Waals surface area contributed by atoms with Gasteiger partial charge in [-0.15, -0.1) is 16.4 Å². The molecular weight excluding hydrogens is 629 g/mol. The van der Waals surface area contributed by atoms with Crippen molar-refractivity contribution in [3.05, 3.63) is 69.5 Å². The predicted molar refractivity (Wildman–Crippen MR) is 160 cm³/mol. The highest BCUT2D eigenvalue weighted by Crippen LogP contribution is 2.55. The summed E-state index contributed by atoms with van der Waals surface area (Å²) < 4.78 is 44.3. The van der Waals surface area contributed by atoms with Crippen LogP contribution in [0.1, 0.15) is 56.5 Å². The number of anilines is 2. The molecule has 2 aromatic carbocycles. The van der Waals surface area contributed by atoms with Crippen molar-refractivity contribution in [3.8, 4) is 6.07 Å². The fourth-order valence-electron chi connectivity index (χ4n) is 4.96. The number of rotatable bonds is 7. The quantitative estimate of drug-likeness (QED) is 0.185. The fraction of sp³-hybridized carbons (Fsp3) is 0.345. The molecule has 1 atom stereocenters. The van der Waals surface area contributed by atoms with Crippen LogP contribution in [0.3, 0.4) is 0 Å². The van der Waals surface area contributed by atoms with Crippen LogP contribution < -0.4 is 10.6 Å². The molecule has 1 aliphatic carbocycles. The lowest BCUT2D eigenvalue weighted by Gasteiger charge is -2.23. The average molecular weight is 656 g/mol. The summed E-state index contributed by atoms with van der Waals surface area (Å²) in [6, 6.07) is 11.0. The van der Waals surface area contributed by atoms with Gasteiger partial charge in [-0.2, -0.15) is 18.4 Å². The van der Waals surface area contributed by atoms with E-state index < -0.39 is 17.8 Å². The van der Waals surface area contributed by atoms with E-state index in [0.717, 1.165) is 25.8 Å². The summed E-state index contributed by atoms with van der Waals surface area (Å²) in [4.78, 5) is 8.93. The van der Waals surface area contributed by atoms with E-state index in [1.807, 2.05) is 30.3 Å². The first-order valence-corrected chi connectivity index (χ1v) is 14.9. The highest BCUT2D eigenvalue weighted by molar-refractivity contribution is 9.10. The maximum atomic E-state index is 13.9.